The first-order valence-electron chi connectivity index (χ1n) is 7.71. The quantitative estimate of drug-likeness (QED) is 0.808. The summed E-state index contributed by atoms with van der Waals surface area (Å²) in [6.07, 6.45) is 5.68. The predicted molar refractivity (Wildman–Crippen MR) is 83.4 cm³/mol. The molecule has 0 aliphatic heterocycles. The van der Waals surface area contributed by atoms with E-state index in [9.17, 15) is 4.79 Å². The van der Waals surface area contributed by atoms with Gasteiger partial charge in [-0.2, -0.15) is 0 Å². The summed E-state index contributed by atoms with van der Waals surface area (Å²) in [6, 6.07) is 8.11. The molecule has 0 spiro atoms. The summed E-state index contributed by atoms with van der Waals surface area (Å²) < 4.78 is 0. The molecule has 2 atom stereocenters. The van der Waals surface area contributed by atoms with Crippen molar-refractivity contribution in [2.24, 2.45) is 5.92 Å². The predicted octanol–water partition coefficient (Wildman–Crippen LogP) is 3.46. The Kier molecular flexibility index (Phi) is 5.05. The van der Waals surface area contributed by atoms with Crippen LogP contribution in [0.5, 0.6) is 0 Å². The molecule has 3 N–H and O–H groups in total. The zero-order valence-corrected chi connectivity index (χ0v) is 12.6. The zero-order valence-electron chi connectivity index (χ0n) is 12.6. The molecule has 110 valence electrons. The van der Waals surface area contributed by atoms with E-state index in [1.807, 2.05) is 24.3 Å². The summed E-state index contributed by atoms with van der Waals surface area (Å²) in [4.78, 5) is 12.1. The number of hydrogen-bond acceptors (Lipinski definition) is 2. The van der Waals surface area contributed by atoms with Crippen LogP contribution in [-0.2, 0) is 4.79 Å². The molecule has 1 saturated carbocycles. The van der Waals surface area contributed by atoms with Crippen LogP contribution in [0, 0.1) is 5.92 Å². The van der Waals surface area contributed by atoms with Gasteiger partial charge in [-0.15, -0.1) is 0 Å². The molecule has 3 heteroatoms. The van der Waals surface area contributed by atoms with Gasteiger partial charge in [0.15, 0.2) is 0 Å². The maximum absolute atomic E-state index is 12.1. The van der Waals surface area contributed by atoms with Gasteiger partial charge in [0.2, 0.25) is 5.91 Å². The summed E-state index contributed by atoms with van der Waals surface area (Å²) >= 11 is 0. The van der Waals surface area contributed by atoms with E-state index in [0.29, 0.717) is 18.4 Å². The van der Waals surface area contributed by atoms with Crippen molar-refractivity contribution in [3.05, 3.63) is 29.8 Å². The van der Waals surface area contributed by atoms with Crippen molar-refractivity contribution >= 4 is 11.6 Å². The third kappa shape index (κ3) is 3.99. The SMILES string of the molecule is CC(CC(=O)N[C@@H](C)C1CCCC1)c1ccc(N)cc1. The van der Waals surface area contributed by atoms with Crippen LogP contribution < -0.4 is 11.1 Å². The molecule has 0 saturated heterocycles. The third-order valence-electron chi connectivity index (χ3n) is 4.49. The van der Waals surface area contributed by atoms with Gasteiger partial charge in [-0.3, -0.25) is 4.79 Å². The van der Waals surface area contributed by atoms with Crippen LogP contribution in [0.2, 0.25) is 0 Å². The number of benzene rings is 1. The second kappa shape index (κ2) is 6.78. The molecule has 1 aliphatic rings. The summed E-state index contributed by atoms with van der Waals surface area (Å²) in [5.41, 5.74) is 7.62. The fraction of sp³-hybridized carbons (Fsp3) is 0.588. The topological polar surface area (TPSA) is 55.1 Å². The molecule has 1 fully saturated rings. The molecule has 20 heavy (non-hydrogen) atoms. The molecule has 0 heterocycles. The van der Waals surface area contributed by atoms with Crippen molar-refractivity contribution in [1.29, 1.82) is 0 Å². The first-order valence-corrected chi connectivity index (χ1v) is 7.71. The summed E-state index contributed by atoms with van der Waals surface area (Å²) in [5.74, 6) is 1.06. The fourth-order valence-corrected chi connectivity index (χ4v) is 3.11. The van der Waals surface area contributed by atoms with Gasteiger partial charge < -0.3 is 11.1 Å². The number of nitrogen functional groups attached to an aromatic ring is 1. The minimum absolute atomic E-state index is 0.161. The van der Waals surface area contributed by atoms with E-state index < -0.39 is 0 Å². The summed E-state index contributed by atoms with van der Waals surface area (Å²) in [6.45, 7) is 4.23. The monoisotopic (exact) mass is 274 g/mol. The van der Waals surface area contributed by atoms with E-state index in [1.165, 1.54) is 31.2 Å². The van der Waals surface area contributed by atoms with Crippen molar-refractivity contribution in [2.75, 3.05) is 5.73 Å². The first kappa shape index (κ1) is 14.9. The van der Waals surface area contributed by atoms with Gasteiger partial charge in [0.1, 0.15) is 0 Å². The van der Waals surface area contributed by atoms with Gasteiger partial charge in [0.25, 0.3) is 0 Å². The average Bonchev–Trinajstić information content (AvgIpc) is 2.93. The number of carbonyl (C=O) groups excluding carboxylic acids is 1. The number of amides is 1. The maximum Gasteiger partial charge on any atom is 0.220 e. The van der Waals surface area contributed by atoms with Crippen molar-refractivity contribution in [3.8, 4) is 0 Å². The highest BCUT2D eigenvalue weighted by Gasteiger charge is 2.23. The Morgan fingerprint density at radius 1 is 1.25 bits per heavy atom. The lowest BCUT2D eigenvalue weighted by Gasteiger charge is -2.21. The smallest absolute Gasteiger partial charge is 0.220 e. The van der Waals surface area contributed by atoms with E-state index in [4.69, 9.17) is 5.73 Å². The van der Waals surface area contributed by atoms with Crippen LogP contribution in [0.15, 0.2) is 24.3 Å². The molecule has 1 aromatic carbocycles. The number of anilines is 1. The normalized spacial score (nSPS) is 18.7. The molecule has 1 aliphatic carbocycles. The highest BCUT2D eigenvalue weighted by Crippen LogP contribution is 2.28. The van der Waals surface area contributed by atoms with Gasteiger partial charge in [-0.1, -0.05) is 31.9 Å². The lowest BCUT2D eigenvalue weighted by molar-refractivity contribution is -0.122. The highest BCUT2D eigenvalue weighted by molar-refractivity contribution is 5.77. The largest absolute Gasteiger partial charge is 0.399 e. The van der Waals surface area contributed by atoms with E-state index >= 15 is 0 Å². The van der Waals surface area contributed by atoms with Crippen LogP contribution in [-0.4, -0.2) is 11.9 Å². The summed E-state index contributed by atoms with van der Waals surface area (Å²) in [5, 5.41) is 3.17. The van der Waals surface area contributed by atoms with Crippen LogP contribution >= 0.6 is 0 Å². The van der Waals surface area contributed by atoms with Gasteiger partial charge in [0.05, 0.1) is 0 Å². The second-order valence-electron chi connectivity index (χ2n) is 6.17. The Bertz CT molecular complexity index is 435. The van der Waals surface area contributed by atoms with Gasteiger partial charge in [0, 0.05) is 18.2 Å². The number of hydrogen-bond donors (Lipinski definition) is 2. The minimum Gasteiger partial charge on any atom is -0.399 e. The third-order valence-corrected chi connectivity index (χ3v) is 4.49. The lowest BCUT2D eigenvalue weighted by Crippen LogP contribution is -2.37. The number of rotatable bonds is 5. The van der Waals surface area contributed by atoms with Crippen LogP contribution in [0.1, 0.15) is 57.4 Å². The van der Waals surface area contributed by atoms with Gasteiger partial charge in [-0.05, 0) is 49.3 Å². The molecule has 0 bridgehead atoms. The molecule has 0 aromatic heterocycles. The van der Waals surface area contributed by atoms with Gasteiger partial charge >= 0.3 is 0 Å². The Balaban J connectivity index is 1.82. The molecule has 1 unspecified atom stereocenters. The Labute approximate surface area is 121 Å². The summed E-state index contributed by atoms with van der Waals surface area (Å²) in [7, 11) is 0. The van der Waals surface area contributed by atoms with E-state index in [1.54, 1.807) is 0 Å². The number of nitrogens with two attached hydrogens (primary N) is 1. The molecular formula is C17H26N2O. The molecule has 1 aromatic rings. The van der Waals surface area contributed by atoms with Crippen molar-refractivity contribution < 1.29 is 4.79 Å². The molecule has 0 radical (unpaired) electrons. The van der Waals surface area contributed by atoms with Crippen molar-refractivity contribution in [2.45, 2.75) is 57.9 Å². The molecular weight excluding hydrogens is 248 g/mol. The molecule has 1 amide bonds. The van der Waals surface area contributed by atoms with E-state index in [0.717, 1.165) is 5.69 Å². The van der Waals surface area contributed by atoms with Crippen LogP contribution in [0.4, 0.5) is 5.69 Å². The highest BCUT2D eigenvalue weighted by atomic mass is 16.1. The Morgan fingerprint density at radius 3 is 2.45 bits per heavy atom. The number of carbonyl (C=O) groups is 1. The molecule has 3 nitrogen and oxygen atoms in total. The standard InChI is InChI=1S/C17H26N2O/c1-12(14-7-9-16(18)10-8-14)11-17(20)19-13(2)15-5-3-4-6-15/h7-10,12-13,15H,3-6,11,18H2,1-2H3,(H,19,20)/t12?,13-/m0/s1. The van der Waals surface area contributed by atoms with E-state index in [-0.39, 0.29) is 11.8 Å². The fourth-order valence-electron chi connectivity index (χ4n) is 3.11. The van der Waals surface area contributed by atoms with Crippen molar-refractivity contribution in [1.82, 2.24) is 5.32 Å². The zero-order chi connectivity index (χ0) is 14.5. The van der Waals surface area contributed by atoms with Crippen molar-refractivity contribution in [3.63, 3.8) is 0 Å². The number of nitrogens with one attached hydrogen (secondary N) is 1. The Morgan fingerprint density at radius 2 is 1.85 bits per heavy atom. The lowest BCUT2D eigenvalue weighted by atomic mass is 9.96. The van der Waals surface area contributed by atoms with Crippen LogP contribution in [0.25, 0.3) is 0 Å². The molecule has 2 rings (SSSR count). The Hall–Kier alpha value is -1.51. The maximum atomic E-state index is 12.1. The van der Waals surface area contributed by atoms with E-state index in [2.05, 4.69) is 19.2 Å². The van der Waals surface area contributed by atoms with Crippen LogP contribution in [0.3, 0.4) is 0 Å². The first-order chi connectivity index (χ1) is 9.56. The minimum atomic E-state index is 0.161. The van der Waals surface area contributed by atoms with Gasteiger partial charge in [-0.25, -0.2) is 0 Å². The average molecular weight is 274 g/mol. The second-order valence-corrected chi connectivity index (χ2v) is 6.17.